The molecule has 0 amide bonds. The highest BCUT2D eigenvalue weighted by Crippen LogP contribution is 2.26. The second kappa shape index (κ2) is 7.69. The zero-order valence-corrected chi connectivity index (χ0v) is 15.5. The second-order valence-corrected chi connectivity index (χ2v) is 8.54. The Morgan fingerprint density at radius 3 is 2.81 bits per heavy atom. The molecule has 26 heavy (non-hydrogen) atoms. The fourth-order valence-corrected chi connectivity index (χ4v) is 5.16. The van der Waals surface area contributed by atoms with Crippen LogP contribution in [0, 0.1) is 0 Å². The number of aliphatic carboxylic acids is 1. The third-order valence-corrected chi connectivity index (χ3v) is 6.81. The van der Waals surface area contributed by atoms with E-state index in [0.29, 0.717) is 31.4 Å². The first kappa shape index (κ1) is 18.8. The van der Waals surface area contributed by atoms with E-state index in [4.69, 9.17) is 5.11 Å². The maximum Gasteiger partial charge on any atom is 0.317 e. The Bertz CT molecular complexity index is 895. The summed E-state index contributed by atoms with van der Waals surface area (Å²) < 4.78 is 27.9. The van der Waals surface area contributed by atoms with Gasteiger partial charge >= 0.3 is 5.97 Å². The molecule has 1 aromatic heterocycles. The van der Waals surface area contributed by atoms with Crippen molar-refractivity contribution in [2.75, 3.05) is 26.7 Å². The molecular weight excluding hydrogens is 354 g/mol. The SMILES string of the molecule is CN(CC(=O)O)C1CCCN(S(=O)(=O)c2cccc3cccnc23)CC1. The molecule has 1 aliphatic rings. The molecule has 0 bridgehead atoms. The van der Waals surface area contributed by atoms with Crippen molar-refractivity contribution in [2.45, 2.75) is 30.2 Å². The highest BCUT2D eigenvalue weighted by Gasteiger charge is 2.30. The van der Waals surface area contributed by atoms with E-state index in [1.807, 2.05) is 12.1 Å². The lowest BCUT2D eigenvalue weighted by Gasteiger charge is -2.25. The average Bonchev–Trinajstić information content (AvgIpc) is 2.87. The number of rotatable bonds is 5. The van der Waals surface area contributed by atoms with Gasteiger partial charge in [-0.25, -0.2) is 8.42 Å². The maximum atomic E-state index is 13.2. The largest absolute Gasteiger partial charge is 0.480 e. The summed E-state index contributed by atoms with van der Waals surface area (Å²) in [5, 5.41) is 9.75. The fraction of sp³-hybridized carbons (Fsp3) is 0.444. The lowest BCUT2D eigenvalue weighted by molar-refractivity contribution is -0.138. The van der Waals surface area contributed by atoms with Gasteiger partial charge < -0.3 is 5.11 Å². The number of carboxylic acids is 1. The maximum absolute atomic E-state index is 13.2. The zero-order chi connectivity index (χ0) is 18.7. The van der Waals surface area contributed by atoms with Crippen molar-refractivity contribution in [2.24, 2.45) is 0 Å². The number of nitrogens with zero attached hydrogens (tertiary/aromatic N) is 3. The molecule has 0 radical (unpaired) electrons. The first-order valence-electron chi connectivity index (χ1n) is 8.65. The van der Waals surface area contributed by atoms with Crippen molar-refractivity contribution in [1.82, 2.24) is 14.2 Å². The molecule has 0 spiro atoms. The highest BCUT2D eigenvalue weighted by atomic mass is 32.2. The van der Waals surface area contributed by atoms with Crippen LogP contribution in [0.15, 0.2) is 41.4 Å². The van der Waals surface area contributed by atoms with Crippen LogP contribution in [0.25, 0.3) is 10.9 Å². The van der Waals surface area contributed by atoms with Crippen molar-refractivity contribution >= 4 is 26.9 Å². The molecular formula is C18H23N3O4S. The molecule has 1 saturated heterocycles. The van der Waals surface area contributed by atoms with Crippen LogP contribution in [0.5, 0.6) is 0 Å². The summed E-state index contributed by atoms with van der Waals surface area (Å²) in [6.07, 6.45) is 3.69. The lowest BCUT2D eigenvalue weighted by Crippen LogP contribution is -2.37. The Hall–Kier alpha value is -2.03. The van der Waals surface area contributed by atoms with Gasteiger partial charge in [0, 0.05) is 30.7 Å². The first-order valence-corrected chi connectivity index (χ1v) is 10.1. The van der Waals surface area contributed by atoms with Crippen LogP contribution in [-0.4, -0.2) is 66.4 Å². The van der Waals surface area contributed by atoms with Gasteiger partial charge in [-0.05, 0) is 38.4 Å². The summed E-state index contributed by atoms with van der Waals surface area (Å²) >= 11 is 0. The van der Waals surface area contributed by atoms with Gasteiger partial charge in [-0.15, -0.1) is 0 Å². The molecule has 140 valence electrons. The molecule has 8 heteroatoms. The Balaban J connectivity index is 1.83. The van der Waals surface area contributed by atoms with Crippen molar-refractivity contribution in [3.05, 3.63) is 36.5 Å². The van der Waals surface area contributed by atoms with Gasteiger partial charge in [0.05, 0.1) is 12.1 Å². The number of aromatic nitrogens is 1. The van der Waals surface area contributed by atoms with Gasteiger partial charge in [0.1, 0.15) is 4.90 Å². The minimum atomic E-state index is -3.65. The van der Waals surface area contributed by atoms with E-state index in [1.165, 1.54) is 4.31 Å². The quantitative estimate of drug-likeness (QED) is 0.854. The standard InChI is InChI=1S/C18H23N3O4S/c1-20(13-17(22)23)15-7-4-11-21(12-9-15)26(24,25)16-8-2-5-14-6-3-10-19-18(14)16/h2-3,5-6,8,10,15H,4,7,9,11-13H2,1H3,(H,22,23). The number of sulfonamides is 1. The van der Waals surface area contributed by atoms with Gasteiger partial charge in [-0.2, -0.15) is 4.31 Å². The van der Waals surface area contributed by atoms with Gasteiger partial charge in [0.2, 0.25) is 10.0 Å². The number of hydrogen-bond donors (Lipinski definition) is 1. The molecule has 3 rings (SSSR count). The third-order valence-electron chi connectivity index (χ3n) is 4.88. The summed E-state index contributed by atoms with van der Waals surface area (Å²) in [5.74, 6) is -0.872. The molecule has 1 unspecified atom stereocenters. The molecule has 1 N–H and O–H groups in total. The number of likely N-dealkylation sites (N-methyl/N-ethyl adjacent to an activating group) is 1. The zero-order valence-electron chi connectivity index (χ0n) is 14.7. The second-order valence-electron chi connectivity index (χ2n) is 6.63. The van der Waals surface area contributed by atoms with Crippen LogP contribution in [0.3, 0.4) is 0 Å². The summed E-state index contributed by atoms with van der Waals surface area (Å²) in [4.78, 5) is 17.2. The van der Waals surface area contributed by atoms with E-state index < -0.39 is 16.0 Å². The number of carboxylic acid groups (broad SMARTS) is 1. The Kier molecular flexibility index (Phi) is 5.55. The monoisotopic (exact) mass is 377 g/mol. The van der Waals surface area contributed by atoms with Crippen molar-refractivity contribution < 1.29 is 18.3 Å². The normalized spacial score (nSPS) is 19.5. The lowest BCUT2D eigenvalue weighted by atomic mass is 10.1. The smallest absolute Gasteiger partial charge is 0.317 e. The van der Waals surface area contributed by atoms with Crippen LogP contribution in [0.1, 0.15) is 19.3 Å². The molecule has 1 atom stereocenters. The number of benzene rings is 1. The van der Waals surface area contributed by atoms with E-state index in [1.54, 1.807) is 36.3 Å². The number of hydrogen-bond acceptors (Lipinski definition) is 5. The van der Waals surface area contributed by atoms with Crippen molar-refractivity contribution in [3.63, 3.8) is 0 Å². The van der Waals surface area contributed by atoms with Crippen molar-refractivity contribution in [1.29, 1.82) is 0 Å². The molecule has 2 heterocycles. The predicted octanol–water partition coefficient (Wildman–Crippen LogP) is 1.79. The van der Waals surface area contributed by atoms with E-state index >= 15 is 0 Å². The van der Waals surface area contributed by atoms with Gasteiger partial charge in [0.25, 0.3) is 0 Å². The van der Waals surface area contributed by atoms with Crippen molar-refractivity contribution in [3.8, 4) is 0 Å². The third kappa shape index (κ3) is 3.87. The molecule has 1 fully saturated rings. The molecule has 1 aromatic carbocycles. The number of fused-ring (bicyclic) bond motifs is 1. The van der Waals surface area contributed by atoms with Crippen LogP contribution in [0.2, 0.25) is 0 Å². The molecule has 7 nitrogen and oxygen atoms in total. The van der Waals surface area contributed by atoms with Gasteiger partial charge in [-0.3, -0.25) is 14.7 Å². The van der Waals surface area contributed by atoms with Crippen LogP contribution >= 0.6 is 0 Å². The Morgan fingerprint density at radius 1 is 1.27 bits per heavy atom. The van der Waals surface area contributed by atoms with E-state index in [-0.39, 0.29) is 17.5 Å². The van der Waals surface area contributed by atoms with E-state index in [2.05, 4.69) is 4.98 Å². The summed E-state index contributed by atoms with van der Waals surface area (Å²) in [6, 6.07) is 8.88. The predicted molar refractivity (Wildman–Crippen MR) is 98.4 cm³/mol. The minimum absolute atomic E-state index is 0.0370. The van der Waals surface area contributed by atoms with Crippen LogP contribution in [-0.2, 0) is 14.8 Å². The van der Waals surface area contributed by atoms with E-state index in [9.17, 15) is 13.2 Å². The average molecular weight is 377 g/mol. The van der Waals surface area contributed by atoms with Crippen LogP contribution < -0.4 is 0 Å². The summed E-state index contributed by atoms with van der Waals surface area (Å²) in [7, 11) is -1.87. The first-order chi connectivity index (χ1) is 12.4. The highest BCUT2D eigenvalue weighted by molar-refractivity contribution is 7.89. The molecule has 0 aliphatic carbocycles. The fourth-order valence-electron chi connectivity index (χ4n) is 3.50. The van der Waals surface area contributed by atoms with Gasteiger partial charge in [0.15, 0.2) is 0 Å². The minimum Gasteiger partial charge on any atom is -0.480 e. The number of carbonyl (C=O) groups is 1. The number of pyridine rings is 1. The number of para-hydroxylation sites is 1. The summed E-state index contributed by atoms with van der Waals surface area (Å²) in [5.41, 5.74) is 0.485. The van der Waals surface area contributed by atoms with Gasteiger partial charge in [-0.1, -0.05) is 18.2 Å². The Labute approximate surface area is 153 Å². The molecule has 1 aliphatic heterocycles. The van der Waals surface area contributed by atoms with Crippen LogP contribution in [0.4, 0.5) is 0 Å². The molecule has 2 aromatic rings. The summed E-state index contributed by atoms with van der Waals surface area (Å²) in [6.45, 7) is 0.772. The molecule has 0 saturated carbocycles. The topological polar surface area (TPSA) is 90.8 Å². The van der Waals surface area contributed by atoms with E-state index in [0.717, 1.165) is 11.8 Å². The Morgan fingerprint density at radius 2 is 2.04 bits per heavy atom.